The molecule has 1 heterocycles. The number of hydrogen-bond acceptors (Lipinski definition) is 7. The van der Waals surface area contributed by atoms with E-state index in [9.17, 15) is 19.2 Å². The molecule has 1 saturated heterocycles. The highest BCUT2D eigenvalue weighted by atomic mass is 16.6. The number of rotatable bonds is 3. The molecule has 1 fully saturated rings. The average molecular weight is 399 g/mol. The molecular formula is C20H33NO7. The van der Waals surface area contributed by atoms with Crippen molar-refractivity contribution in [3.05, 3.63) is 0 Å². The lowest BCUT2D eigenvalue weighted by Gasteiger charge is -2.28. The average Bonchev–Trinajstić information content (AvgIpc) is 2.70. The predicted molar refractivity (Wildman–Crippen MR) is 101 cm³/mol. The van der Waals surface area contributed by atoms with Gasteiger partial charge >= 0.3 is 18.0 Å². The highest BCUT2D eigenvalue weighted by Gasteiger charge is 2.50. The standard InChI is InChI=1S/C20H33NO7/c1-18(2,3)26-14(22)11-12-10-13(16(24)27-19(4,5)6)21(15(12)23)17(25)28-20(7,8)9/h12-13H,10-11H2,1-9H3/t12-,13+/m1/s1. The van der Waals surface area contributed by atoms with Crippen LogP contribution in [0, 0.1) is 5.92 Å². The molecule has 0 saturated carbocycles. The number of carbonyl (C=O) groups excluding carboxylic acids is 4. The minimum absolute atomic E-state index is 0.0216. The summed E-state index contributed by atoms with van der Waals surface area (Å²) in [5.41, 5.74) is -2.34. The maximum absolute atomic E-state index is 12.8. The first-order chi connectivity index (χ1) is 12.4. The zero-order valence-electron chi connectivity index (χ0n) is 18.4. The van der Waals surface area contributed by atoms with Gasteiger partial charge in [0.1, 0.15) is 22.8 Å². The van der Waals surface area contributed by atoms with Gasteiger partial charge in [-0.05, 0) is 68.7 Å². The van der Waals surface area contributed by atoms with Crippen LogP contribution in [0.1, 0.15) is 75.2 Å². The lowest BCUT2D eigenvalue weighted by Crippen LogP contribution is -2.47. The number of imide groups is 1. The predicted octanol–water partition coefficient (Wildman–Crippen LogP) is 3.21. The highest BCUT2D eigenvalue weighted by molar-refractivity contribution is 6.01. The van der Waals surface area contributed by atoms with Crippen LogP contribution >= 0.6 is 0 Å². The first kappa shape index (κ1) is 23.9. The minimum atomic E-state index is -1.14. The van der Waals surface area contributed by atoms with Gasteiger partial charge in [0, 0.05) is 0 Å². The molecule has 1 rings (SSSR count). The fourth-order valence-electron chi connectivity index (χ4n) is 2.68. The molecule has 1 aliphatic heterocycles. The van der Waals surface area contributed by atoms with Crippen LogP contribution in [0.4, 0.5) is 4.79 Å². The Bertz CT molecular complexity index is 634. The maximum atomic E-state index is 12.8. The van der Waals surface area contributed by atoms with Crippen LogP contribution in [0.3, 0.4) is 0 Å². The Labute approximate surface area is 166 Å². The van der Waals surface area contributed by atoms with Gasteiger partial charge in [-0.15, -0.1) is 0 Å². The topological polar surface area (TPSA) is 99.2 Å². The fourth-order valence-corrected chi connectivity index (χ4v) is 2.68. The molecule has 0 radical (unpaired) electrons. The molecule has 8 heteroatoms. The molecule has 0 aromatic heterocycles. The number of carbonyl (C=O) groups is 4. The lowest BCUT2D eigenvalue weighted by molar-refractivity contribution is -0.161. The zero-order chi connectivity index (χ0) is 22.1. The summed E-state index contributed by atoms with van der Waals surface area (Å²) in [6.45, 7) is 15.2. The summed E-state index contributed by atoms with van der Waals surface area (Å²) in [5.74, 6) is -2.78. The number of hydrogen-bond donors (Lipinski definition) is 0. The third-order valence-electron chi connectivity index (χ3n) is 3.51. The van der Waals surface area contributed by atoms with Crippen molar-refractivity contribution in [2.45, 2.75) is 98.0 Å². The summed E-state index contributed by atoms with van der Waals surface area (Å²) in [7, 11) is 0. The molecular weight excluding hydrogens is 366 g/mol. The van der Waals surface area contributed by atoms with E-state index in [-0.39, 0.29) is 12.8 Å². The fraction of sp³-hybridized carbons (Fsp3) is 0.800. The maximum Gasteiger partial charge on any atom is 0.417 e. The lowest BCUT2D eigenvalue weighted by atomic mass is 10.0. The van der Waals surface area contributed by atoms with Crippen molar-refractivity contribution in [1.82, 2.24) is 4.90 Å². The zero-order valence-corrected chi connectivity index (χ0v) is 18.4. The van der Waals surface area contributed by atoms with Gasteiger partial charge in [0.05, 0.1) is 12.3 Å². The Morgan fingerprint density at radius 1 is 0.857 bits per heavy atom. The van der Waals surface area contributed by atoms with Gasteiger partial charge in [0.2, 0.25) is 5.91 Å². The SMILES string of the molecule is CC(C)(C)OC(=O)C[C@H]1C[C@@H](C(=O)OC(C)(C)C)N(C(=O)OC(C)(C)C)C1=O. The van der Waals surface area contributed by atoms with Crippen LogP contribution in [0.2, 0.25) is 0 Å². The number of amides is 2. The summed E-state index contributed by atoms with van der Waals surface area (Å²) >= 11 is 0. The quantitative estimate of drug-likeness (QED) is 0.531. The normalized spacial score (nSPS) is 20.8. The molecule has 2 atom stereocenters. The van der Waals surface area contributed by atoms with E-state index in [2.05, 4.69) is 0 Å². The van der Waals surface area contributed by atoms with Crippen molar-refractivity contribution in [1.29, 1.82) is 0 Å². The van der Waals surface area contributed by atoms with Crippen LogP contribution in [0.15, 0.2) is 0 Å². The second-order valence-electron chi connectivity index (χ2n) is 9.96. The van der Waals surface area contributed by atoms with Gasteiger partial charge in [-0.25, -0.2) is 14.5 Å². The Kier molecular flexibility index (Phi) is 6.91. The van der Waals surface area contributed by atoms with Gasteiger partial charge in [0.25, 0.3) is 0 Å². The van der Waals surface area contributed by atoms with Crippen LogP contribution < -0.4 is 0 Å². The van der Waals surface area contributed by atoms with Gasteiger partial charge in [0.15, 0.2) is 0 Å². The highest BCUT2D eigenvalue weighted by Crippen LogP contribution is 2.31. The molecule has 0 aromatic carbocycles. The molecule has 0 aliphatic carbocycles. The molecule has 0 N–H and O–H groups in total. The number of nitrogens with zero attached hydrogens (tertiary/aromatic N) is 1. The Morgan fingerprint density at radius 2 is 1.32 bits per heavy atom. The molecule has 28 heavy (non-hydrogen) atoms. The number of esters is 2. The second-order valence-corrected chi connectivity index (χ2v) is 9.96. The third-order valence-corrected chi connectivity index (χ3v) is 3.51. The van der Waals surface area contributed by atoms with Gasteiger partial charge in [-0.1, -0.05) is 0 Å². The van der Waals surface area contributed by atoms with Crippen molar-refractivity contribution < 1.29 is 33.4 Å². The monoisotopic (exact) mass is 399 g/mol. The van der Waals surface area contributed by atoms with Crippen LogP contribution in [0.25, 0.3) is 0 Å². The first-order valence-electron chi connectivity index (χ1n) is 9.40. The molecule has 160 valence electrons. The Hall–Kier alpha value is -2.12. The van der Waals surface area contributed by atoms with Crippen molar-refractivity contribution in [2.24, 2.45) is 5.92 Å². The molecule has 8 nitrogen and oxygen atoms in total. The van der Waals surface area contributed by atoms with E-state index in [1.165, 1.54) is 0 Å². The van der Waals surface area contributed by atoms with Gasteiger partial charge in [-0.2, -0.15) is 0 Å². The number of ether oxygens (including phenoxy) is 3. The molecule has 1 aliphatic rings. The van der Waals surface area contributed by atoms with E-state index in [0.29, 0.717) is 0 Å². The summed E-state index contributed by atoms with van der Waals surface area (Å²) in [6, 6.07) is -1.14. The molecule has 0 aromatic rings. The van der Waals surface area contributed by atoms with Gasteiger partial charge in [-0.3, -0.25) is 9.59 Å². The van der Waals surface area contributed by atoms with Crippen molar-refractivity contribution >= 4 is 23.9 Å². The largest absolute Gasteiger partial charge is 0.460 e. The van der Waals surface area contributed by atoms with E-state index < -0.39 is 52.7 Å². The van der Waals surface area contributed by atoms with E-state index in [1.807, 2.05) is 0 Å². The summed E-state index contributed by atoms with van der Waals surface area (Å²) in [4.78, 5) is 50.9. The third kappa shape index (κ3) is 7.48. The summed E-state index contributed by atoms with van der Waals surface area (Å²) in [5, 5.41) is 0. The van der Waals surface area contributed by atoms with Crippen LogP contribution in [-0.4, -0.2) is 51.7 Å². The van der Waals surface area contributed by atoms with Crippen LogP contribution in [0.5, 0.6) is 0 Å². The minimum Gasteiger partial charge on any atom is -0.460 e. The molecule has 0 spiro atoms. The van der Waals surface area contributed by atoms with Crippen molar-refractivity contribution in [2.75, 3.05) is 0 Å². The number of likely N-dealkylation sites (tertiary alicyclic amines) is 1. The van der Waals surface area contributed by atoms with E-state index in [0.717, 1.165) is 4.90 Å². The molecule has 2 amide bonds. The first-order valence-corrected chi connectivity index (χ1v) is 9.40. The summed E-state index contributed by atoms with van der Waals surface area (Å²) < 4.78 is 15.9. The second kappa shape index (κ2) is 8.09. The Balaban J connectivity index is 3.06. The van der Waals surface area contributed by atoms with E-state index >= 15 is 0 Å². The van der Waals surface area contributed by atoms with Crippen molar-refractivity contribution in [3.8, 4) is 0 Å². The summed E-state index contributed by atoms with van der Waals surface area (Å²) in [6.07, 6.45) is -1.18. The Morgan fingerprint density at radius 3 is 1.75 bits per heavy atom. The van der Waals surface area contributed by atoms with E-state index in [4.69, 9.17) is 14.2 Å². The van der Waals surface area contributed by atoms with Gasteiger partial charge < -0.3 is 14.2 Å². The van der Waals surface area contributed by atoms with Crippen molar-refractivity contribution in [3.63, 3.8) is 0 Å². The molecule has 0 bridgehead atoms. The smallest absolute Gasteiger partial charge is 0.417 e. The van der Waals surface area contributed by atoms with Crippen LogP contribution in [-0.2, 0) is 28.6 Å². The molecule has 0 unspecified atom stereocenters. The van der Waals surface area contributed by atoms with E-state index in [1.54, 1.807) is 62.3 Å².